The van der Waals surface area contributed by atoms with Crippen LogP contribution >= 0.6 is 11.6 Å². The Balaban J connectivity index is 2.24. The van der Waals surface area contributed by atoms with Gasteiger partial charge in [0.15, 0.2) is 0 Å². The molecule has 0 aliphatic rings. The molecule has 2 rings (SSSR count). The number of amides is 1. The number of carbonyl (C=O) groups excluding carboxylic acids is 1. The van der Waals surface area contributed by atoms with Crippen LogP contribution in [0.4, 0.5) is 0 Å². The number of halogens is 1. The molecule has 2 aromatic carbocycles. The first-order chi connectivity index (χ1) is 12.0. The molecule has 2 aromatic rings. The van der Waals surface area contributed by atoms with E-state index in [4.69, 9.17) is 11.6 Å². The molecule has 0 radical (unpaired) electrons. The summed E-state index contributed by atoms with van der Waals surface area (Å²) in [4.78, 5) is 12.6. The maximum absolute atomic E-state index is 12.5. The highest BCUT2D eigenvalue weighted by molar-refractivity contribution is 7.89. The van der Waals surface area contributed by atoms with E-state index in [9.17, 15) is 13.2 Å². The third-order valence-electron chi connectivity index (χ3n) is 3.60. The Morgan fingerprint density at radius 2 is 1.77 bits per heavy atom. The van der Waals surface area contributed by atoms with Crippen LogP contribution < -0.4 is 10.0 Å². The molecule has 0 aliphatic heterocycles. The number of hydrogen-bond donors (Lipinski definition) is 2. The van der Waals surface area contributed by atoms with Crippen LogP contribution in [0.25, 0.3) is 0 Å². The molecule has 0 aromatic heterocycles. The molecule has 7 heteroatoms. The maximum Gasteiger partial charge on any atom is 0.251 e. The van der Waals surface area contributed by atoms with Gasteiger partial charge in [-0.2, -0.15) is 0 Å². The molecule has 0 bridgehead atoms. The minimum Gasteiger partial charge on any atom is -0.348 e. The zero-order valence-corrected chi connectivity index (χ0v) is 16.8. The van der Waals surface area contributed by atoms with Crippen LogP contribution in [0.2, 0.25) is 5.02 Å². The Morgan fingerprint density at radius 1 is 1.12 bits per heavy atom. The van der Waals surface area contributed by atoms with Gasteiger partial charge in [0.2, 0.25) is 10.0 Å². The lowest BCUT2D eigenvalue weighted by atomic mass is 10.1. The predicted octanol–water partition coefficient (Wildman–Crippen LogP) is 3.66. The summed E-state index contributed by atoms with van der Waals surface area (Å²) in [5.74, 6) is -0.352. The lowest BCUT2D eigenvalue weighted by Crippen LogP contribution is -2.40. The molecular weight excluding hydrogens is 372 g/mol. The average Bonchev–Trinajstić information content (AvgIpc) is 2.51. The quantitative estimate of drug-likeness (QED) is 0.812. The highest BCUT2D eigenvalue weighted by Crippen LogP contribution is 2.19. The van der Waals surface area contributed by atoms with Gasteiger partial charge in [-0.3, -0.25) is 4.79 Å². The van der Waals surface area contributed by atoms with Gasteiger partial charge in [-0.15, -0.1) is 0 Å². The molecule has 0 saturated carbocycles. The van der Waals surface area contributed by atoms with E-state index in [1.54, 1.807) is 39.8 Å². The van der Waals surface area contributed by atoms with Gasteiger partial charge in [-0.1, -0.05) is 35.9 Å². The lowest BCUT2D eigenvalue weighted by molar-refractivity contribution is 0.0950. The highest BCUT2D eigenvalue weighted by atomic mass is 35.5. The second kappa shape index (κ2) is 7.78. The summed E-state index contributed by atoms with van der Waals surface area (Å²) in [6.07, 6.45) is 0. The Morgan fingerprint density at radius 3 is 2.38 bits per heavy atom. The van der Waals surface area contributed by atoms with Crippen molar-refractivity contribution in [3.8, 4) is 0 Å². The minimum absolute atomic E-state index is 0.0564. The van der Waals surface area contributed by atoms with Crippen LogP contribution in [0.15, 0.2) is 47.4 Å². The van der Waals surface area contributed by atoms with Crippen molar-refractivity contribution in [2.45, 2.75) is 44.7 Å². The second-order valence-corrected chi connectivity index (χ2v) is 9.20. The summed E-state index contributed by atoms with van der Waals surface area (Å²) in [6, 6.07) is 11.7. The first-order valence-corrected chi connectivity index (χ1v) is 10.0. The molecule has 0 aliphatic carbocycles. The van der Waals surface area contributed by atoms with Gasteiger partial charge in [0.1, 0.15) is 0 Å². The number of benzene rings is 2. The summed E-state index contributed by atoms with van der Waals surface area (Å²) in [5.41, 5.74) is 1.18. The first kappa shape index (κ1) is 20.4. The van der Waals surface area contributed by atoms with E-state index in [-0.39, 0.29) is 17.3 Å². The molecule has 0 spiro atoms. The Labute approximate surface area is 159 Å². The highest BCUT2D eigenvalue weighted by Gasteiger charge is 2.23. The fourth-order valence-corrected chi connectivity index (χ4v) is 4.03. The van der Waals surface area contributed by atoms with Gasteiger partial charge in [-0.05, 0) is 57.0 Å². The fraction of sp³-hybridized carbons (Fsp3) is 0.316. The molecule has 0 saturated heterocycles. The van der Waals surface area contributed by atoms with Crippen LogP contribution in [-0.4, -0.2) is 19.9 Å². The SMILES string of the molecule is Cc1ccc(S(=O)(=O)NC(C)(C)C)cc1C(=O)NCc1ccccc1Cl. The van der Waals surface area contributed by atoms with Gasteiger partial charge in [0.25, 0.3) is 5.91 Å². The van der Waals surface area contributed by atoms with Crippen molar-refractivity contribution in [3.63, 3.8) is 0 Å². The zero-order valence-electron chi connectivity index (χ0n) is 15.3. The molecular formula is C19H23ClN2O3S. The van der Waals surface area contributed by atoms with Gasteiger partial charge in [0, 0.05) is 22.7 Å². The first-order valence-electron chi connectivity index (χ1n) is 8.16. The van der Waals surface area contributed by atoms with Gasteiger partial charge >= 0.3 is 0 Å². The van der Waals surface area contributed by atoms with Crippen molar-refractivity contribution in [2.24, 2.45) is 0 Å². The Bertz CT molecular complexity index is 919. The van der Waals surface area contributed by atoms with Crippen molar-refractivity contribution in [1.82, 2.24) is 10.0 Å². The topological polar surface area (TPSA) is 75.3 Å². The third kappa shape index (κ3) is 5.30. The van der Waals surface area contributed by atoms with E-state index in [1.807, 2.05) is 18.2 Å². The van der Waals surface area contributed by atoms with Crippen molar-refractivity contribution < 1.29 is 13.2 Å². The largest absolute Gasteiger partial charge is 0.348 e. The number of aryl methyl sites for hydroxylation is 1. The number of nitrogens with one attached hydrogen (secondary N) is 2. The van der Waals surface area contributed by atoms with E-state index in [1.165, 1.54) is 12.1 Å². The molecule has 0 atom stereocenters. The van der Waals surface area contributed by atoms with E-state index < -0.39 is 15.6 Å². The van der Waals surface area contributed by atoms with Crippen molar-refractivity contribution >= 4 is 27.5 Å². The molecule has 0 fully saturated rings. The molecule has 5 nitrogen and oxygen atoms in total. The van der Waals surface area contributed by atoms with Crippen molar-refractivity contribution in [1.29, 1.82) is 0 Å². The van der Waals surface area contributed by atoms with Crippen molar-refractivity contribution in [3.05, 3.63) is 64.2 Å². The fourth-order valence-electron chi connectivity index (χ4n) is 2.39. The standard InChI is InChI=1S/C19H23ClN2O3S/c1-13-9-10-15(26(24,25)22-19(2,3)4)11-16(13)18(23)21-12-14-7-5-6-8-17(14)20/h5-11,22H,12H2,1-4H3,(H,21,23). The summed E-state index contributed by atoms with van der Waals surface area (Å²) in [7, 11) is -3.72. The molecule has 2 N–H and O–H groups in total. The maximum atomic E-state index is 12.5. The van der Waals surface area contributed by atoms with E-state index in [2.05, 4.69) is 10.0 Å². The predicted molar refractivity (Wildman–Crippen MR) is 104 cm³/mol. The zero-order chi connectivity index (χ0) is 19.5. The second-order valence-electron chi connectivity index (χ2n) is 7.11. The van der Waals surface area contributed by atoms with Gasteiger partial charge in [0.05, 0.1) is 4.90 Å². The molecule has 0 unspecified atom stereocenters. The van der Waals surface area contributed by atoms with Crippen molar-refractivity contribution in [2.75, 3.05) is 0 Å². The number of carbonyl (C=O) groups is 1. The number of rotatable bonds is 5. The van der Waals surface area contributed by atoms with E-state index in [0.717, 1.165) is 5.56 Å². The average molecular weight is 395 g/mol. The summed E-state index contributed by atoms with van der Waals surface area (Å²) in [6.45, 7) is 7.30. The monoisotopic (exact) mass is 394 g/mol. The van der Waals surface area contributed by atoms with Gasteiger partial charge in [-0.25, -0.2) is 13.1 Å². The molecule has 0 heterocycles. The minimum atomic E-state index is -3.72. The van der Waals surface area contributed by atoms with Gasteiger partial charge < -0.3 is 5.32 Å². The van der Waals surface area contributed by atoms with Crippen LogP contribution in [0.5, 0.6) is 0 Å². The normalized spacial score (nSPS) is 12.0. The number of hydrogen-bond acceptors (Lipinski definition) is 3. The summed E-state index contributed by atoms with van der Waals surface area (Å²) >= 11 is 6.09. The van der Waals surface area contributed by atoms with E-state index >= 15 is 0 Å². The Hall–Kier alpha value is -1.89. The Kier molecular flexibility index (Phi) is 6.11. The number of sulfonamides is 1. The molecule has 1 amide bonds. The molecule has 140 valence electrons. The van der Waals surface area contributed by atoms with E-state index in [0.29, 0.717) is 16.1 Å². The van der Waals surface area contributed by atoms with Crippen LogP contribution in [0.1, 0.15) is 42.3 Å². The summed E-state index contributed by atoms with van der Waals surface area (Å²) in [5, 5.41) is 3.35. The van der Waals surface area contributed by atoms with Crippen LogP contribution in [-0.2, 0) is 16.6 Å². The lowest BCUT2D eigenvalue weighted by Gasteiger charge is -2.20. The smallest absolute Gasteiger partial charge is 0.251 e. The van der Waals surface area contributed by atoms with Crippen LogP contribution in [0.3, 0.4) is 0 Å². The third-order valence-corrected chi connectivity index (χ3v) is 5.73. The van der Waals surface area contributed by atoms with Crippen LogP contribution in [0, 0.1) is 6.92 Å². The summed E-state index contributed by atoms with van der Waals surface area (Å²) < 4.78 is 27.6. The molecule has 26 heavy (non-hydrogen) atoms.